The molecule has 8 heteroatoms. The van der Waals surface area contributed by atoms with Crippen LogP contribution in [0.3, 0.4) is 0 Å². The number of hydrogen-bond donors (Lipinski definition) is 1. The van der Waals surface area contributed by atoms with Crippen molar-refractivity contribution in [2.24, 2.45) is 0 Å². The largest absolute Gasteiger partial charge is 0.435 e. The molecule has 1 fully saturated rings. The van der Waals surface area contributed by atoms with Gasteiger partial charge >= 0.3 is 6.61 Å². The molecule has 2 aromatic rings. The first-order chi connectivity index (χ1) is 12.5. The van der Waals surface area contributed by atoms with Crippen LogP contribution in [0.1, 0.15) is 30.0 Å². The molecular formula is C18H20F2N4O2. The van der Waals surface area contributed by atoms with Crippen molar-refractivity contribution < 1.29 is 18.3 Å². The van der Waals surface area contributed by atoms with E-state index in [9.17, 15) is 13.6 Å². The van der Waals surface area contributed by atoms with Gasteiger partial charge in [-0.2, -0.15) is 8.78 Å². The molecule has 138 valence electrons. The first kappa shape index (κ1) is 18.0. The van der Waals surface area contributed by atoms with E-state index in [4.69, 9.17) is 5.73 Å². The Hall–Kier alpha value is -2.77. The minimum absolute atomic E-state index is 0.000689. The van der Waals surface area contributed by atoms with Gasteiger partial charge in [-0.3, -0.25) is 4.79 Å². The van der Waals surface area contributed by atoms with E-state index in [0.29, 0.717) is 13.1 Å². The molecule has 1 aromatic carbocycles. The van der Waals surface area contributed by atoms with Crippen LogP contribution in [0, 0.1) is 0 Å². The lowest BCUT2D eigenvalue weighted by Gasteiger charge is -2.32. The number of hydrogen-bond acceptors (Lipinski definition) is 5. The number of alkyl halides is 2. The molecule has 1 amide bonds. The Morgan fingerprint density at radius 2 is 2.08 bits per heavy atom. The summed E-state index contributed by atoms with van der Waals surface area (Å²) in [5.41, 5.74) is 7.25. The van der Waals surface area contributed by atoms with Crippen molar-refractivity contribution in [2.45, 2.75) is 31.8 Å². The lowest BCUT2D eigenvalue weighted by molar-refractivity contribution is -0.131. The Kier molecular flexibility index (Phi) is 5.60. The second kappa shape index (κ2) is 8.07. The van der Waals surface area contributed by atoms with Gasteiger partial charge < -0.3 is 15.4 Å². The predicted molar refractivity (Wildman–Crippen MR) is 91.8 cm³/mol. The highest BCUT2D eigenvalue weighted by molar-refractivity contribution is 5.79. The molecule has 2 heterocycles. The van der Waals surface area contributed by atoms with Crippen molar-refractivity contribution in [3.8, 4) is 5.75 Å². The van der Waals surface area contributed by atoms with Gasteiger partial charge in [-0.25, -0.2) is 9.97 Å². The minimum atomic E-state index is -2.86. The van der Waals surface area contributed by atoms with Crippen molar-refractivity contribution in [1.82, 2.24) is 14.9 Å². The highest BCUT2D eigenvalue weighted by atomic mass is 19.3. The second-order valence-electron chi connectivity index (χ2n) is 6.22. The van der Waals surface area contributed by atoms with Crippen LogP contribution in [-0.4, -0.2) is 40.5 Å². The number of likely N-dealkylation sites (tertiary alicyclic amines) is 1. The molecule has 0 radical (unpaired) electrons. The third-order valence-electron chi connectivity index (χ3n) is 4.39. The summed E-state index contributed by atoms with van der Waals surface area (Å²) in [6, 6.07) is 7.97. The van der Waals surface area contributed by atoms with E-state index < -0.39 is 6.61 Å². The monoisotopic (exact) mass is 362 g/mol. The van der Waals surface area contributed by atoms with Crippen LogP contribution < -0.4 is 10.5 Å². The highest BCUT2D eigenvalue weighted by Gasteiger charge is 2.25. The summed E-state index contributed by atoms with van der Waals surface area (Å²) < 4.78 is 28.7. The predicted octanol–water partition coefficient (Wildman–Crippen LogP) is 2.61. The van der Waals surface area contributed by atoms with Gasteiger partial charge in [-0.05, 0) is 36.6 Å². The smallest absolute Gasteiger partial charge is 0.387 e. The van der Waals surface area contributed by atoms with Crippen LogP contribution in [0.15, 0.2) is 36.5 Å². The average molecular weight is 362 g/mol. The average Bonchev–Trinajstić information content (AvgIpc) is 2.63. The van der Waals surface area contributed by atoms with Crippen molar-refractivity contribution >= 4 is 11.9 Å². The van der Waals surface area contributed by atoms with E-state index in [2.05, 4.69) is 14.7 Å². The Morgan fingerprint density at radius 1 is 1.31 bits per heavy atom. The van der Waals surface area contributed by atoms with Gasteiger partial charge in [-0.1, -0.05) is 12.1 Å². The van der Waals surface area contributed by atoms with Gasteiger partial charge in [0.1, 0.15) is 5.75 Å². The molecule has 0 aliphatic carbocycles. The number of anilines is 1. The molecule has 1 aliphatic rings. The number of nitrogen functional groups attached to an aromatic ring is 1. The van der Waals surface area contributed by atoms with E-state index in [1.54, 1.807) is 18.3 Å². The van der Waals surface area contributed by atoms with Gasteiger partial charge in [0, 0.05) is 25.2 Å². The number of rotatable bonds is 5. The number of nitrogens with two attached hydrogens (primary N) is 1. The number of benzene rings is 1. The topological polar surface area (TPSA) is 81.3 Å². The number of carbonyl (C=O) groups is 1. The fraction of sp³-hybridized carbons (Fsp3) is 0.389. The second-order valence-corrected chi connectivity index (χ2v) is 6.22. The lowest BCUT2D eigenvalue weighted by atomic mass is 9.94. The van der Waals surface area contributed by atoms with Crippen molar-refractivity contribution in [1.29, 1.82) is 0 Å². The normalized spacial score (nSPS) is 17.3. The molecule has 6 nitrogen and oxygen atoms in total. The van der Waals surface area contributed by atoms with Crippen molar-refractivity contribution in [3.63, 3.8) is 0 Å². The number of aromatic nitrogens is 2. The summed E-state index contributed by atoms with van der Waals surface area (Å²) in [5, 5.41) is 0. The number of ether oxygens (including phenoxy) is 1. The molecule has 0 spiro atoms. The Balaban J connectivity index is 1.60. The van der Waals surface area contributed by atoms with E-state index in [1.165, 1.54) is 12.1 Å². The first-order valence-corrected chi connectivity index (χ1v) is 8.41. The third kappa shape index (κ3) is 4.65. The molecular weight excluding hydrogens is 342 g/mol. The zero-order valence-corrected chi connectivity index (χ0v) is 14.1. The number of halogens is 2. The first-order valence-electron chi connectivity index (χ1n) is 8.41. The molecule has 1 aliphatic heterocycles. The molecule has 26 heavy (non-hydrogen) atoms. The SMILES string of the molecule is Nc1nccc([C@H]2CCCN(C(=O)Cc3ccc(OC(F)F)cc3)C2)n1. The highest BCUT2D eigenvalue weighted by Crippen LogP contribution is 2.26. The number of nitrogens with zero attached hydrogens (tertiary/aromatic N) is 3. The summed E-state index contributed by atoms with van der Waals surface area (Å²) >= 11 is 0. The quantitative estimate of drug-likeness (QED) is 0.884. The molecule has 3 rings (SSSR count). The maximum atomic E-state index is 12.6. The fourth-order valence-electron chi connectivity index (χ4n) is 3.14. The standard InChI is InChI=1S/C18H20F2N4O2/c19-17(20)26-14-5-3-12(4-6-14)10-16(25)24-9-1-2-13(11-24)15-7-8-22-18(21)23-15/h3-8,13,17H,1-2,9-11H2,(H2,21,22,23)/t13-/m0/s1. The Morgan fingerprint density at radius 3 is 2.77 bits per heavy atom. The lowest BCUT2D eigenvalue weighted by Crippen LogP contribution is -2.40. The van der Waals surface area contributed by atoms with E-state index in [1.807, 2.05) is 11.0 Å². The zero-order chi connectivity index (χ0) is 18.5. The fourth-order valence-corrected chi connectivity index (χ4v) is 3.14. The van der Waals surface area contributed by atoms with Crippen LogP contribution >= 0.6 is 0 Å². The van der Waals surface area contributed by atoms with Gasteiger partial charge in [0.15, 0.2) is 0 Å². The molecule has 2 N–H and O–H groups in total. The summed E-state index contributed by atoms with van der Waals surface area (Å²) in [7, 11) is 0. The van der Waals surface area contributed by atoms with E-state index >= 15 is 0 Å². The van der Waals surface area contributed by atoms with Crippen LogP contribution in [-0.2, 0) is 11.2 Å². The maximum Gasteiger partial charge on any atom is 0.387 e. The molecule has 1 aromatic heterocycles. The summed E-state index contributed by atoms with van der Waals surface area (Å²) in [6.07, 6.45) is 3.68. The van der Waals surface area contributed by atoms with Gasteiger partial charge in [0.05, 0.1) is 12.1 Å². The Bertz CT molecular complexity index is 755. The number of amides is 1. The van der Waals surface area contributed by atoms with Gasteiger partial charge in [0.25, 0.3) is 0 Å². The van der Waals surface area contributed by atoms with Crippen LogP contribution in [0.4, 0.5) is 14.7 Å². The molecule has 1 saturated heterocycles. The van der Waals surface area contributed by atoms with Crippen molar-refractivity contribution in [2.75, 3.05) is 18.8 Å². The summed E-state index contributed by atoms with van der Waals surface area (Å²) in [6.45, 7) is -1.58. The third-order valence-corrected chi connectivity index (χ3v) is 4.39. The molecule has 1 atom stereocenters. The summed E-state index contributed by atoms with van der Waals surface area (Å²) in [4.78, 5) is 22.6. The van der Waals surface area contributed by atoms with E-state index in [-0.39, 0.29) is 29.9 Å². The zero-order valence-electron chi connectivity index (χ0n) is 14.1. The van der Waals surface area contributed by atoms with Crippen LogP contribution in [0.25, 0.3) is 0 Å². The van der Waals surface area contributed by atoms with Gasteiger partial charge in [0.2, 0.25) is 11.9 Å². The van der Waals surface area contributed by atoms with Crippen molar-refractivity contribution in [3.05, 3.63) is 47.8 Å². The minimum Gasteiger partial charge on any atom is -0.435 e. The number of carbonyl (C=O) groups excluding carboxylic acids is 1. The molecule has 0 unspecified atom stereocenters. The van der Waals surface area contributed by atoms with Crippen LogP contribution in [0.2, 0.25) is 0 Å². The Labute approximate surface area is 150 Å². The van der Waals surface area contributed by atoms with E-state index in [0.717, 1.165) is 24.1 Å². The van der Waals surface area contributed by atoms with Crippen LogP contribution in [0.5, 0.6) is 5.75 Å². The maximum absolute atomic E-state index is 12.6. The van der Waals surface area contributed by atoms with Gasteiger partial charge in [-0.15, -0.1) is 0 Å². The molecule has 0 saturated carbocycles. The number of piperidine rings is 1. The molecule has 0 bridgehead atoms. The summed E-state index contributed by atoms with van der Waals surface area (Å²) in [5.74, 6) is 0.451.